The lowest BCUT2D eigenvalue weighted by molar-refractivity contribution is 0.0943. The minimum atomic E-state index is -0.215. The van der Waals surface area contributed by atoms with Crippen LogP contribution in [0.15, 0.2) is 30.6 Å². The van der Waals surface area contributed by atoms with E-state index in [4.69, 9.17) is 4.74 Å². The number of methoxy groups -OCH3 is 1. The van der Waals surface area contributed by atoms with Crippen LogP contribution in [0.25, 0.3) is 0 Å². The van der Waals surface area contributed by atoms with Crippen molar-refractivity contribution in [2.24, 2.45) is 0 Å². The maximum absolute atomic E-state index is 12.1. The van der Waals surface area contributed by atoms with E-state index in [1.54, 1.807) is 13.2 Å². The molecule has 2 aromatic rings. The first-order valence-electron chi connectivity index (χ1n) is 7.54. The molecule has 0 aliphatic heterocycles. The molecule has 2 rings (SSSR count). The lowest BCUT2D eigenvalue weighted by Crippen LogP contribution is -2.26. The Morgan fingerprint density at radius 3 is 2.87 bits per heavy atom. The van der Waals surface area contributed by atoms with Gasteiger partial charge in [0.25, 0.3) is 5.91 Å². The van der Waals surface area contributed by atoms with Crippen LogP contribution in [0.2, 0.25) is 0 Å². The molecule has 1 heterocycles. The quantitative estimate of drug-likeness (QED) is 0.768. The first-order valence-corrected chi connectivity index (χ1v) is 7.54. The summed E-state index contributed by atoms with van der Waals surface area (Å²) in [7, 11) is 1.64. The Bertz CT molecular complexity index is 673. The molecule has 0 saturated heterocycles. The van der Waals surface area contributed by atoms with Crippen molar-refractivity contribution in [1.82, 2.24) is 15.3 Å². The predicted octanol–water partition coefficient (Wildman–Crippen LogP) is 2.60. The molecule has 0 fully saturated rings. The van der Waals surface area contributed by atoms with Gasteiger partial charge < -0.3 is 15.4 Å². The fourth-order valence-corrected chi connectivity index (χ4v) is 2.08. The summed E-state index contributed by atoms with van der Waals surface area (Å²) < 4.78 is 4.95. The number of hydrogen-bond acceptors (Lipinski definition) is 5. The van der Waals surface area contributed by atoms with E-state index < -0.39 is 0 Å². The number of rotatable bonds is 7. The molecule has 0 saturated carbocycles. The van der Waals surface area contributed by atoms with Crippen LogP contribution < -0.4 is 10.6 Å². The Labute approximate surface area is 136 Å². The van der Waals surface area contributed by atoms with E-state index in [1.165, 1.54) is 11.9 Å². The lowest BCUT2D eigenvalue weighted by Gasteiger charge is -2.11. The van der Waals surface area contributed by atoms with Gasteiger partial charge in [0.1, 0.15) is 17.8 Å². The minimum Gasteiger partial charge on any atom is -0.385 e. The largest absolute Gasteiger partial charge is 0.385 e. The molecule has 6 heteroatoms. The van der Waals surface area contributed by atoms with Crippen LogP contribution in [-0.2, 0) is 4.74 Å². The molecule has 0 bridgehead atoms. The van der Waals surface area contributed by atoms with Gasteiger partial charge in [-0.25, -0.2) is 9.97 Å². The average molecular weight is 314 g/mol. The molecule has 0 spiro atoms. The zero-order chi connectivity index (χ0) is 16.7. The number of amides is 1. The van der Waals surface area contributed by atoms with Gasteiger partial charge in [0.15, 0.2) is 0 Å². The number of carbonyl (C=O) groups is 1. The molecular formula is C17H22N4O2. The molecule has 0 unspecified atom stereocenters. The van der Waals surface area contributed by atoms with E-state index in [-0.39, 0.29) is 5.91 Å². The summed E-state index contributed by atoms with van der Waals surface area (Å²) in [5.41, 5.74) is 3.65. The zero-order valence-electron chi connectivity index (χ0n) is 13.7. The van der Waals surface area contributed by atoms with Gasteiger partial charge in [0, 0.05) is 32.0 Å². The maximum Gasteiger partial charge on any atom is 0.270 e. The Balaban J connectivity index is 2.04. The Morgan fingerprint density at radius 1 is 1.26 bits per heavy atom. The number of nitrogens with one attached hydrogen (secondary N) is 2. The van der Waals surface area contributed by atoms with Gasteiger partial charge in [-0.3, -0.25) is 4.79 Å². The van der Waals surface area contributed by atoms with Gasteiger partial charge in [-0.05, 0) is 37.5 Å². The highest BCUT2D eigenvalue weighted by Crippen LogP contribution is 2.21. The van der Waals surface area contributed by atoms with E-state index in [9.17, 15) is 4.79 Å². The van der Waals surface area contributed by atoms with Gasteiger partial charge in [-0.2, -0.15) is 0 Å². The molecule has 2 N–H and O–H groups in total. The average Bonchev–Trinajstić information content (AvgIpc) is 2.56. The van der Waals surface area contributed by atoms with Crippen molar-refractivity contribution in [1.29, 1.82) is 0 Å². The van der Waals surface area contributed by atoms with Crippen molar-refractivity contribution in [3.05, 3.63) is 47.4 Å². The van der Waals surface area contributed by atoms with Crippen molar-refractivity contribution in [2.45, 2.75) is 20.3 Å². The highest BCUT2D eigenvalue weighted by atomic mass is 16.5. The summed E-state index contributed by atoms with van der Waals surface area (Å²) in [5.74, 6) is 0.378. The highest BCUT2D eigenvalue weighted by molar-refractivity contribution is 5.92. The molecular weight excluding hydrogens is 292 g/mol. The number of nitrogens with zero attached hydrogens (tertiary/aromatic N) is 2. The molecule has 0 aliphatic carbocycles. The molecule has 0 aliphatic rings. The predicted molar refractivity (Wildman–Crippen MR) is 90.1 cm³/mol. The van der Waals surface area contributed by atoms with E-state index in [0.29, 0.717) is 24.7 Å². The minimum absolute atomic E-state index is 0.215. The Morgan fingerprint density at radius 2 is 2.09 bits per heavy atom. The normalized spacial score (nSPS) is 10.4. The molecule has 122 valence electrons. The smallest absolute Gasteiger partial charge is 0.270 e. The van der Waals surface area contributed by atoms with Crippen LogP contribution >= 0.6 is 0 Å². The fourth-order valence-electron chi connectivity index (χ4n) is 2.08. The maximum atomic E-state index is 12.1. The number of ether oxygens (including phenoxy) is 1. The van der Waals surface area contributed by atoms with Gasteiger partial charge >= 0.3 is 0 Å². The summed E-state index contributed by atoms with van der Waals surface area (Å²) in [4.78, 5) is 20.3. The summed E-state index contributed by atoms with van der Waals surface area (Å²) in [6.45, 7) is 5.27. The monoisotopic (exact) mass is 314 g/mol. The van der Waals surface area contributed by atoms with E-state index >= 15 is 0 Å². The van der Waals surface area contributed by atoms with Crippen LogP contribution in [0.4, 0.5) is 11.5 Å². The van der Waals surface area contributed by atoms with Crippen LogP contribution in [0.5, 0.6) is 0 Å². The third-order valence-corrected chi connectivity index (χ3v) is 3.58. The van der Waals surface area contributed by atoms with Gasteiger partial charge in [-0.1, -0.05) is 12.1 Å². The second kappa shape index (κ2) is 8.24. The van der Waals surface area contributed by atoms with Crippen LogP contribution in [0.1, 0.15) is 28.0 Å². The first-order chi connectivity index (χ1) is 11.1. The van der Waals surface area contributed by atoms with Crippen molar-refractivity contribution in [3.63, 3.8) is 0 Å². The summed E-state index contributed by atoms with van der Waals surface area (Å²) in [6, 6.07) is 7.66. The van der Waals surface area contributed by atoms with Gasteiger partial charge in [0.05, 0.1) is 0 Å². The zero-order valence-corrected chi connectivity index (χ0v) is 13.7. The summed E-state index contributed by atoms with van der Waals surface area (Å²) in [6.07, 6.45) is 2.15. The Hall–Kier alpha value is -2.47. The molecule has 1 aromatic carbocycles. The lowest BCUT2D eigenvalue weighted by atomic mass is 10.1. The standard InChI is InChI=1S/C17H22N4O2/c1-12-6-4-7-14(13(12)2)21-16-10-15(19-11-20-16)17(22)18-8-5-9-23-3/h4,6-7,10-11H,5,8-9H2,1-3H3,(H,18,22)(H,19,20,21). The highest BCUT2D eigenvalue weighted by Gasteiger charge is 2.09. The topological polar surface area (TPSA) is 76.1 Å². The van der Waals surface area contributed by atoms with Gasteiger partial charge in [-0.15, -0.1) is 0 Å². The third kappa shape index (κ3) is 4.75. The molecule has 6 nitrogen and oxygen atoms in total. The second-order valence-corrected chi connectivity index (χ2v) is 5.26. The molecule has 0 radical (unpaired) electrons. The molecule has 0 atom stereocenters. The molecule has 1 aromatic heterocycles. The number of hydrogen-bond donors (Lipinski definition) is 2. The van der Waals surface area contributed by atoms with E-state index in [1.807, 2.05) is 19.1 Å². The van der Waals surface area contributed by atoms with Crippen LogP contribution in [-0.4, -0.2) is 36.1 Å². The first kappa shape index (κ1) is 16.9. The van der Waals surface area contributed by atoms with E-state index in [2.05, 4.69) is 33.6 Å². The van der Waals surface area contributed by atoms with Crippen LogP contribution in [0.3, 0.4) is 0 Å². The summed E-state index contributed by atoms with van der Waals surface area (Å²) >= 11 is 0. The molecule has 23 heavy (non-hydrogen) atoms. The molecule has 1 amide bonds. The Kier molecular flexibility index (Phi) is 6.05. The SMILES string of the molecule is COCCCNC(=O)c1cc(Nc2cccc(C)c2C)ncn1. The van der Waals surface area contributed by atoms with Crippen molar-refractivity contribution in [3.8, 4) is 0 Å². The summed E-state index contributed by atoms with van der Waals surface area (Å²) in [5, 5.41) is 6.04. The number of aromatic nitrogens is 2. The van der Waals surface area contributed by atoms with Gasteiger partial charge in [0.2, 0.25) is 0 Å². The van der Waals surface area contributed by atoms with E-state index in [0.717, 1.165) is 17.7 Å². The van der Waals surface area contributed by atoms with Crippen molar-refractivity contribution >= 4 is 17.4 Å². The number of anilines is 2. The van der Waals surface area contributed by atoms with Crippen molar-refractivity contribution in [2.75, 3.05) is 25.6 Å². The second-order valence-electron chi connectivity index (χ2n) is 5.26. The van der Waals surface area contributed by atoms with Crippen LogP contribution in [0, 0.1) is 13.8 Å². The fraction of sp³-hybridized carbons (Fsp3) is 0.353. The number of benzene rings is 1. The number of carbonyl (C=O) groups excluding carboxylic acids is 1. The third-order valence-electron chi connectivity index (χ3n) is 3.58. The number of aryl methyl sites for hydroxylation is 1. The van der Waals surface area contributed by atoms with Crippen molar-refractivity contribution < 1.29 is 9.53 Å².